The topological polar surface area (TPSA) is 68.0 Å². The fourth-order valence-corrected chi connectivity index (χ4v) is 2.87. The molecule has 0 spiro atoms. The van der Waals surface area contributed by atoms with E-state index in [0.29, 0.717) is 48.9 Å². The number of carbonyl (C=O) groups excluding carboxylic acids is 1. The molecule has 1 aliphatic rings. The highest BCUT2D eigenvalue weighted by molar-refractivity contribution is 5.78. The smallest absolute Gasteiger partial charge is 0.410 e. The zero-order valence-corrected chi connectivity index (χ0v) is 15.5. The summed E-state index contributed by atoms with van der Waals surface area (Å²) in [6, 6.07) is 3.02. The Morgan fingerprint density at radius 3 is 2.58 bits per heavy atom. The van der Waals surface area contributed by atoms with Crippen molar-refractivity contribution in [1.29, 1.82) is 0 Å². The SMILES string of the molecule is COCc1nc2cc(F)c(N3CCN(C(=O)OC(C)(C)C)CC3)cc2o1. The van der Waals surface area contributed by atoms with Crippen molar-refractivity contribution in [3.8, 4) is 0 Å². The maximum atomic E-state index is 14.5. The molecule has 1 fully saturated rings. The molecule has 7 nitrogen and oxygen atoms in total. The molecular weight excluding hydrogens is 341 g/mol. The monoisotopic (exact) mass is 365 g/mol. The number of amides is 1. The molecule has 1 aromatic heterocycles. The van der Waals surface area contributed by atoms with Gasteiger partial charge in [0.25, 0.3) is 0 Å². The second-order valence-electron chi connectivity index (χ2n) is 7.27. The molecule has 0 saturated carbocycles. The van der Waals surface area contributed by atoms with Gasteiger partial charge in [-0.3, -0.25) is 0 Å². The number of aromatic nitrogens is 1. The largest absolute Gasteiger partial charge is 0.444 e. The van der Waals surface area contributed by atoms with Crippen LogP contribution in [0.3, 0.4) is 0 Å². The van der Waals surface area contributed by atoms with Crippen LogP contribution in [-0.4, -0.2) is 54.9 Å². The van der Waals surface area contributed by atoms with Gasteiger partial charge < -0.3 is 23.7 Å². The van der Waals surface area contributed by atoms with Gasteiger partial charge in [-0.2, -0.15) is 0 Å². The molecule has 1 aromatic carbocycles. The van der Waals surface area contributed by atoms with Crippen molar-refractivity contribution in [1.82, 2.24) is 9.88 Å². The summed E-state index contributed by atoms with van der Waals surface area (Å²) in [5, 5.41) is 0. The third kappa shape index (κ3) is 4.07. The number of rotatable bonds is 3. The minimum atomic E-state index is -0.530. The molecular formula is C18H24FN3O4. The van der Waals surface area contributed by atoms with E-state index in [2.05, 4.69) is 4.98 Å². The van der Waals surface area contributed by atoms with Gasteiger partial charge in [-0.25, -0.2) is 14.2 Å². The van der Waals surface area contributed by atoms with E-state index in [-0.39, 0.29) is 18.5 Å². The quantitative estimate of drug-likeness (QED) is 0.832. The van der Waals surface area contributed by atoms with Gasteiger partial charge in [0.05, 0.1) is 5.69 Å². The number of fused-ring (bicyclic) bond motifs is 1. The summed E-state index contributed by atoms with van der Waals surface area (Å²) in [5.41, 5.74) is 0.896. The Kier molecular flexibility index (Phi) is 5.04. The van der Waals surface area contributed by atoms with E-state index in [1.54, 1.807) is 18.1 Å². The average molecular weight is 365 g/mol. The first-order chi connectivity index (χ1) is 12.3. The number of hydrogen-bond acceptors (Lipinski definition) is 6. The maximum Gasteiger partial charge on any atom is 0.410 e. The second-order valence-corrected chi connectivity index (χ2v) is 7.27. The normalized spacial score (nSPS) is 15.6. The van der Waals surface area contributed by atoms with Crippen molar-refractivity contribution in [3.63, 3.8) is 0 Å². The van der Waals surface area contributed by atoms with Crippen molar-refractivity contribution in [2.45, 2.75) is 33.0 Å². The molecule has 0 bridgehead atoms. The third-order valence-electron chi connectivity index (χ3n) is 4.04. The van der Waals surface area contributed by atoms with E-state index in [4.69, 9.17) is 13.9 Å². The lowest BCUT2D eigenvalue weighted by Crippen LogP contribution is -2.50. The standard InChI is InChI=1S/C18H24FN3O4/c1-18(2,3)26-17(23)22-7-5-21(6-8-22)14-10-15-13(9-12(14)19)20-16(25-15)11-24-4/h9-10H,5-8,11H2,1-4H3. The number of halogens is 1. The zero-order chi connectivity index (χ0) is 18.9. The van der Waals surface area contributed by atoms with Gasteiger partial charge in [0, 0.05) is 45.4 Å². The highest BCUT2D eigenvalue weighted by atomic mass is 19.1. The van der Waals surface area contributed by atoms with Crippen LogP contribution in [0.2, 0.25) is 0 Å². The summed E-state index contributed by atoms with van der Waals surface area (Å²) in [6.45, 7) is 7.71. The molecule has 0 N–H and O–H groups in total. The van der Waals surface area contributed by atoms with E-state index < -0.39 is 5.60 Å². The number of carbonyl (C=O) groups is 1. The highest BCUT2D eigenvalue weighted by Gasteiger charge is 2.27. The summed E-state index contributed by atoms with van der Waals surface area (Å²) in [5.74, 6) is 0.0503. The predicted molar refractivity (Wildman–Crippen MR) is 94.7 cm³/mol. The van der Waals surface area contributed by atoms with Crippen LogP contribution < -0.4 is 4.90 Å². The Labute approximate surface area is 151 Å². The molecule has 0 radical (unpaired) electrons. The number of hydrogen-bond donors (Lipinski definition) is 0. The van der Waals surface area contributed by atoms with Gasteiger partial charge in [0.15, 0.2) is 5.58 Å². The first-order valence-electron chi connectivity index (χ1n) is 8.57. The van der Waals surface area contributed by atoms with Crippen molar-refractivity contribution >= 4 is 22.9 Å². The van der Waals surface area contributed by atoms with E-state index in [9.17, 15) is 9.18 Å². The van der Waals surface area contributed by atoms with E-state index in [1.807, 2.05) is 25.7 Å². The summed E-state index contributed by atoms with van der Waals surface area (Å²) in [6.07, 6.45) is -0.340. The van der Waals surface area contributed by atoms with Crippen LogP contribution in [0.25, 0.3) is 11.1 Å². The lowest BCUT2D eigenvalue weighted by Gasteiger charge is -2.36. The van der Waals surface area contributed by atoms with Crippen molar-refractivity contribution in [2.75, 3.05) is 38.2 Å². The van der Waals surface area contributed by atoms with Gasteiger partial charge in [0.2, 0.25) is 5.89 Å². The van der Waals surface area contributed by atoms with Crippen LogP contribution in [0.1, 0.15) is 26.7 Å². The van der Waals surface area contributed by atoms with E-state index >= 15 is 0 Å². The Morgan fingerprint density at radius 1 is 1.27 bits per heavy atom. The minimum Gasteiger partial charge on any atom is -0.444 e. The lowest BCUT2D eigenvalue weighted by molar-refractivity contribution is 0.0240. The van der Waals surface area contributed by atoms with Crippen molar-refractivity contribution in [2.24, 2.45) is 0 Å². The molecule has 2 aromatic rings. The molecule has 1 aliphatic heterocycles. The summed E-state index contributed by atoms with van der Waals surface area (Å²) >= 11 is 0. The lowest BCUT2D eigenvalue weighted by atomic mass is 10.2. The van der Waals surface area contributed by atoms with Crippen LogP contribution in [0, 0.1) is 5.82 Å². The molecule has 0 unspecified atom stereocenters. The molecule has 0 atom stereocenters. The van der Waals surface area contributed by atoms with Gasteiger partial charge >= 0.3 is 6.09 Å². The molecule has 8 heteroatoms. The molecule has 1 amide bonds. The maximum absolute atomic E-state index is 14.5. The van der Waals surface area contributed by atoms with Crippen molar-refractivity contribution < 1.29 is 23.1 Å². The fourth-order valence-electron chi connectivity index (χ4n) is 2.87. The summed E-state index contributed by atoms with van der Waals surface area (Å²) < 4.78 is 30.5. The zero-order valence-electron chi connectivity index (χ0n) is 15.5. The Bertz CT molecular complexity index is 792. The molecule has 1 saturated heterocycles. The molecule has 3 rings (SSSR count). The van der Waals surface area contributed by atoms with Crippen LogP contribution in [0.15, 0.2) is 16.5 Å². The first kappa shape index (κ1) is 18.4. The van der Waals surface area contributed by atoms with Crippen LogP contribution in [0.4, 0.5) is 14.9 Å². The first-order valence-corrected chi connectivity index (χ1v) is 8.57. The van der Waals surface area contributed by atoms with Crippen LogP contribution in [-0.2, 0) is 16.1 Å². The van der Waals surface area contributed by atoms with E-state index in [1.165, 1.54) is 6.07 Å². The number of ether oxygens (including phenoxy) is 2. The number of oxazole rings is 1. The highest BCUT2D eigenvalue weighted by Crippen LogP contribution is 2.28. The van der Waals surface area contributed by atoms with Gasteiger partial charge in [0.1, 0.15) is 23.5 Å². The fraction of sp³-hybridized carbons (Fsp3) is 0.556. The molecule has 0 aliphatic carbocycles. The van der Waals surface area contributed by atoms with Gasteiger partial charge in [-0.05, 0) is 20.8 Å². The number of piperazine rings is 1. The van der Waals surface area contributed by atoms with Gasteiger partial charge in [-0.15, -0.1) is 0 Å². The minimum absolute atomic E-state index is 0.236. The number of methoxy groups -OCH3 is 1. The molecule has 26 heavy (non-hydrogen) atoms. The van der Waals surface area contributed by atoms with E-state index in [0.717, 1.165) is 0 Å². The average Bonchev–Trinajstić information content (AvgIpc) is 2.94. The number of benzene rings is 1. The second kappa shape index (κ2) is 7.11. The third-order valence-corrected chi connectivity index (χ3v) is 4.04. The molecule has 2 heterocycles. The number of nitrogens with zero attached hydrogens (tertiary/aromatic N) is 3. The Morgan fingerprint density at radius 2 is 1.96 bits per heavy atom. The summed E-state index contributed by atoms with van der Waals surface area (Å²) in [4.78, 5) is 19.9. The summed E-state index contributed by atoms with van der Waals surface area (Å²) in [7, 11) is 1.55. The van der Waals surface area contributed by atoms with Gasteiger partial charge in [-0.1, -0.05) is 0 Å². The van der Waals surface area contributed by atoms with Crippen molar-refractivity contribution in [3.05, 3.63) is 23.8 Å². The predicted octanol–water partition coefficient (Wildman–Crippen LogP) is 3.17. The molecule has 142 valence electrons. The Hall–Kier alpha value is -2.35. The van der Waals surface area contributed by atoms with Crippen LogP contribution in [0.5, 0.6) is 0 Å². The van der Waals surface area contributed by atoms with Crippen LogP contribution >= 0.6 is 0 Å². The number of anilines is 1. The Balaban J connectivity index is 1.71.